The monoisotopic (exact) mass is 303 g/mol. The van der Waals surface area contributed by atoms with E-state index in [2.05, 4.69) is 0 Å². The van der Waals surface area contributed by atoms with Gasteiger partial charge in [0.1, 0.15) is 5.75 Å². The highest BCUT2D eigenvalue weighted by Crippen LogP contribution is 2.25. The summed E-state index contributed by atoms with van der Waals surface area (Å²) < 4.78 is 10.8. The van der Waals surface area contributed by atoms with Gasteiger partial charge in [0.05, 0.1) is 13.2 Å². The second kappa shape index (κ2) is 6.46. The average molecular weight is 304 g/mol. The molecule has 0 radical (unpaired) electrons. The van der Waals surface area contributed by atoms with E-state index in [4.69, 9.17) is 32.7 Å². The zero-order valence-electron chi connectivity index (χ0n) is 10.6. The lowest BCUT2D eigenvalue weighted by Gasteiger charge is -2.29. The van der Waals surface area contributed by atoms with Gasteiger partial charge in [0.25, 0.3) is 5.91 Å². The van der Waals surface area contributed by atoms with Crippen LogP contribution in [0.25, 0.3) is 0 Å². The zero-order valence-corrected chi connectivity index (χ0v) is 12.1. The lowest BCUT2D eigenvalue weighted by molar-refractivity contribution is -0.142. The topological polar surface area (TPSA) is 38.8 Å². The molecule has 2 rings (SSSR count). The molecule has 0 bridgehead atoms. The minimum absolute atomic E-state index is 0.0561. The van der Waals surface area contributed by atoms with E-state index in [0.29, 0.717) is 42.1 Å². The second-order valence-electron chi connectivity index (χ2n) is 4.30. The molecule has 6 heteroatoms. The van der Waals surface area contributed by atoms with Gasteiger partial charge in [-0.05, 0) is 25.1 Å². The first kappa shape index (κ1) is 14.4. The smallest absolute Gasteiger partial charge is 0.263 e. The highest BCUT2D eigenvalue weighted by Gasteiger charge is 2.23. The normalized spacial score (nSPS) is 17.1. The maximum absolute atomic E-state index is 12.2. The third-order valence-electron chi connectivity index (χ3n) is 2.82. The molecule has 1 atom stereocenters. The fourth-order valence-corrected chi connectivity index (χ4v) is 2.40. The number of carbonyl (C=O) groups excluding carboxylic acids is 1. The molecule has 1 amide bonds. The Morgan fingerprint density at radius 1 is 1.26 bits per heavy atom. The molecule has 1 aromatic carbocycles. The summed E-state index contributed by atoms with van der Waals surface area (Å²) in [5.41, 5.74) is 0. The molecule has 0 aliphatic carbocycles. The number of morpholine rings is 1. The van der Waals surface area contributed by atoms with Crippen LogP contribution in [-0.2, 0) is 9.53 Å². The molecule has 1 fully saturated rings. The van der Waals surface area contributed by atoms with E-state index in [1.165, 1.54) is 0 Å². The van der Waals surface area contributed by atoms with Crippen LogP contribution in [0.1, 0.15) is 6.92 Å². The summed E-state index contributed by atoms with van der Waals surface area (Å²) in [5, 5.41) is 0.960. The highest BCUT2D eigenvalue weighted by atomic mass is 35.5. The van der Waals surface area contributed by atoms with E-state index in [1.54, 1.807) is 30.0 Å². The Labute approximate surface area is 122 Å². The van der Waals surface area contributed by atoms with Gasteiger partial charge >= 0.3 is 0 Å². The zero-order chi connectivity index (χ0) is 13.8. The number of halogens is 2. The number of carbonyl (C=O) groups is 1. The minimum Gasteiger partial charge on any atom is -0.481 e. The van der Waals surface area contributed by atoms with Gasteiger partial charge in [-0.25, -0.2) is 0 Å². The number of amides is 1. The van der Waals surface area contributed by atoms with Crippen molar-refractivity contribution < 1.29 is 14.3 Å². The predicted octanol–water partition coefficient (Wildman–Crippen LogP) is 2.62. The molecule has 0 saturated carbocycles. The van der Waals surface area contributed by atoms with Crippen molar-refractivity contribution in [2.24, 2.45) is 0 Å². The average Bonchev–Trinajstić information content (AvgIpc) is 2.37. The first-order valence-electron chi connectivity index (χ1n) is 6.05. The van der Waals surface area contributed by atoms with E-state index < -0.39 is 6.10 Å². The molecule has 1 heterocycles. The fraction of sp³-hybridized carbons (Fsp3) is 0.462. The SMILES string of the molecule is CC(Oc1cc(Cl)cc(Cl)c1)C(=O)N1CCOCC1. The fourth-order valence-electron chi connectivity index (χ4n) is 1.89. The van der Waals surface area contributed by atoms with Crippen LogP contribution >= 0.6 is 23.2 Å². The summed E-state index contributed by atoms with van der Waals surface area (Å²) in [6.45, 7) is 4.06. The van der Waals surface area contributed by atoms with Gasteiger partial charge in [-0.2, -0.15) is 0 Å². The van der Waals surface area contributed by atoms with Crippen molar-refractivity contribution in [1.29, 1.82) is 0 Å². The van der Waals surface area contributed by atoms with Crippen molar-refractivity contribution in [3.8, 4) is 5.75 Å². The van der Waals surface area contributed by atoms with Gasteiger partial charge in [0.15, 0.2) is 6.10 Å². The molecular weight excluding hydrogens is 289 g/mol. The molecule has 0 spiro atoms. The van der Waals surface area contributed by atoms with Crippen LogP contribution in [0.3, 0.4) is 0 Å². The molecule has 1 aliphatic rings. The first-order chi connectivity index (χ1) is 9.06. The number of nitrogens with zero attached hydrogens (tertiary/aromatic N) is 1. The van der Waals surface area contributed by atoms with Crippen LogP contribution in [0, 0.1) is 0 Å². The molecule has 4 nitrogen and oxygen atoms in total. The van der Waals surface area contributed by atoms with Gasteiger partial charge in [-0.15, -0.1) is 0 Å². The largest absolute Gasteiger partial charge is 0.481 e. The second-order valence-corrected chi connectivity index (χ2v) is 5.18. The van der Waals surface area contributed by atoms with Gasteiger partial charge in [0, 0.05) is 23.1 Å². The lowest BCUT2D eigenvalue weighted by atomic mass is 10.3. The Bertz CT molecular complexity index is 441. The summed E-state index contributed by atoms with van der Waals surface area (Å²) >= 11 is 11.8. The standard InChI is InChI=1S/C13H15Cl2NO3/c1-9(13(17)16-2-4-18-5-3-16)19-12-7-10(14)6-11(15)8-12/h6-9H,2-5H2,1H3. The molecule has 1 saturated heterocycles. The van der Waals surface area contributed by atoms with Gasteiger partial charge in [0.2, 0.25) is 0 Å². The molecule has 19 heavy (non-hydrogen) atoms. The lowest BCUT2D eigenvalue weighted by Crippen LogP contribution is -2.46. The van der Waals surface area contributed by atoms with Gasteiger partial charge in [-0.3, -0.25) is 4.79 Å². The molecule has 0 aromatic heterocycles. The number of hydrogen-bond donors (Lipinski definition) is 0. The summed E-state index contributed by atoms with van der Waals surface area (Å²) in [6, 6.07) is 4.89. The van der Waals surface area contributed by atoms with Crippen LogP contribution in [0.15, 0.2) is 18.2 Å². The molecular formula is C13H15Cl2NO3. The maximum Gasteiger partial charge on any atom is 0.263 e. The molecule has 0 N–H and O–H groups in total. The van der Waals surface area contributed by atoms with Crippen molar-refractivity contribution in [2.45, 2.75) is 13.0 Å². The van der Waals surface area contributed by atoms with Gasteiger partial charge < -0.3 is 14.4 Å². The Morgan fingerprint density at radius 2 is 1.84 bits per heavy atom. The number of rotatable bonds is 3. The Kier molecular flexibility index (Phi) is 4.91. The molecule has 1 unspecified atom stereocenters. The first-order valence-corrected chi connectivity index (χ1v) is 6.81. The van der Waals surface area contributed by atoms with Crippen LogP contribution in [-0.4, -0.2) is 43.2 Å². The van der Waals surface area contributed by atoms with E-state index in [1.807, 2.05) is 0 Å². The summed E-state index contributed by atoms with van der Waals surface area (Å²) in [5.74, 6) is 0.436. The van der Waals surface area contributed by atoms with E-state index in [9.17, 15) is 4.79 Å². The Hall–Kier alpha value is -0.970. The maximum atomic E-state index is 12.2. The quantitative estimate of drug-likeness (QED) is 0.861. The highest BCUT2D eigenvalue weighted by molar-refractivity contribution is 6.34. The van der Waals surface area contributed by atoms with Crippen molar-refractivity contribution >= 4 is 29.1 Å². The van der Waals surface area contributed by atoms with E-state index in [0.717, 1.165) is 0 Å². The number of benzene rings is 1. The van der Waals surface area contributed by atoms with Crippen molar-refractivity contribution in [2.75, 3.05) is 26.3 Å². The Balaban J connectivity index is 1.99. The predicted molar refractivity (Wildman–Crippen MR) is 74.0 cm³/mol. The third kappa shape index (κ3) is 4.00. The van der Waals surface area contributed by atoms with E-state index >= 15 is 0 Å². The number of ether oxygens (including phenoxy) is 2. The molecule has 1 aliphatic heterocycles. The van der Waals surface area contributed by atoms with E-state index in [-0.39, 0.29) is 5.91 Å². The number of hydrogen-bond acceptors (Lipinski definition) is 3. The summed E-state index contributed by atoms with van der Waals surface area (Å²) in [4.78, 5) is 13.9. The van der Waals surface area contributed by atoms with Crippen molar-refractivity contribution in [3.63, 3.8) is 0 Å². The van der Waals surface area contributed by atoms with Crippen LogP contribution in [0.2, 0.25) is 10.0 Å². The Morgan fingerprint density at radius 3 is 2.42 bits per heavy atom. The summed E-state index contributed by atoms with van der Waals surface area (Å²) in [7, 11) is 0. The third-order valence-corrected chi connectivity index (χ3v) is 3.26. The minimum atomic E-state index is -0.576. The van der Waals surface area contributed by atoms with Crippen LogP contribution in [0.4, 0.5) is 0 Å². The molecule has 1 aromatic rings. The van der Waals surface area contributed by atoms with Crippen molar-refractivity contribution in [1.82, 2.24) is 4.90 Å². The van der Waals surface area contributed by atoms with Crippen molar-refractivity contribution in [3.05, 3.63) is 28.2 Å². The molecule has 104 valence electrons. The van der Waals surface area contributed by atoms with Gasteiger partial charge in [-0.1, -0.05) is 23.2 Å². The summed E-state index contributed by atoms with van der Waals surface area (Å²) in [6.07, 6.45) is -0.576. The van der Waals surface area contributed by atoms with Crippen LogP contribution in [0.5, 0.6) is 5.75 Å². The van der Waals surface area contributed by atoms with Crippen LogP contribution < -0.4 is 4.74 Å².